The summed E-state index contributed by atoms with van der Waals surface area (Å²) in [6.45, 7) is 9.21. The molecular formula is C13H18O2. The number of hydrogen-bond donors (Lipinski definition) is 0. The van der Waals surface area contributed by atoms with Gasteiger partial charge in [0.05, 0.1) is 5.41 Å². The van der Waals surface area contributed by atoms with Crippen molar-refractivity contribution in [3.05, 3.63) is 25.3 Å². The molecular weight excluding hydrogens is 188 g/mol. The van der Waals surface area contributed by atoms with E-state index in [0.717, 1.165) is 0 Å². The van der Waals surface area contributed by atoms with E-state index in [1.54, 1.807) is 12.2 Å². The van der Waals surface area contributed by atoms with Crippen molar-refractivity contribution in [1.29, 1.82) is 0 Å². The lowest BCUT2D eigenvalue weighted by Crippen LogP contribution is -2.44. The average molecular weight is 206 g/mol. The van der Waals surface area contributed by atoms with E-state index in [9.17, 15) is 9.59 Å². The van der Waals surface area contributed by atoms with E-state index < -0.39 is 5.41 Å². The standard InChI is InChI=1S/C13H18O2/c1-4-6-13(7-5-2)11(14)8-10(3)9-12(13)15/h4-5,10H,1-2,6-9H2,3H3. The van der Waals surface area contributed by atoms with Crippen LogP contribution in [0.1, 0.15) is 32.6 Å². The van der Waals surface area contributed by atoms with Crippen LogP contribution >= 0.6 is 0 Å². The third-order valence-corrected chi connectivity index (χ3v) is 3.12. The maximum absolute atomic E-state index is 12.0. The monoisotopic (exact) mass is 206 g/mol. The van der Waals surface area contributed by atoms with E-state index in [2.05, 4.69) is 13.2 Å². The molecule has 0 aromatic heterocycles. The molecule has 0 spiro atoms. The second-order valence-corrected chi connectivity index (χ2v) is 4.43. The van der Waals surface area contributed by atoms with Crippen molar-refractivity contribution in [3.63, 3.8) is 0 Å². The fraction of sp³-hybridized carbons (Fsp3) is 0.538. The van der Waals surface area contributed by atoms with Crippen LogP contribution in [0.3, 0.4) is 0 Å². The lowest BCUT2D eigenvalue weighted by atomic mass is 9.65. The maximum Gasteiger partial charge on any atom is 0.147 e. The molecule has 2 nitrogen and oxygen atoms in total. The van der Waals surface area contributed by atoms with E-state index in [1.807, 2.05) is 6.92 Å². The Balaban J connectivity index is 3.02. The predicted molar refractivity (Wildman–Crippen MR) is 60.5 cm³/mol. The van der Waals surface area contributed by atoms with Gasteiger partial charge in [-0.05, 0) is 18.8 Å². The van der Waals surface area contributed by atoms with Gasteiger partial charge in [-0.1, -0.05) is 19.1 Å². The van der Waals surface area contributed by atoms with Crippen LogP contribution in [0, 0.1) is 11.3 Å². The van der Waals surface area contributed by atoms with Gasteiger partial charge in [-0.15, -0.1) is 13.2 Å². The van der Waals surface area contributed by atoms with Gasteiger partial charge >= 0.3 is 0 Å². The Morgan fingerprint density at radius 3 is 1.93 bits per heavy atom. The van der Waals surface area contributed by atoms with Crippen molar-refractivity contribution >= 4 is 11.6 Å². The van der Waals surface area contributed by atoms with Crippen LogP contribution in [-0.2, 0) is 9.59 Å². The van der Waals surface area contributed by atoms with Crippen LogP contribution in [0.5, 0.6) is 0 Å². The van der Waals surface area contributed by atoms with Crippen LogP contribution < -0.4 is 0 Å². The topological polar surface area (TPSA) is 34.1 Å². The Labute approximate surface area is 91.1 Å². The van der Waals surface area contributed by atoms with Crippen molar-refractivity contribution < 1.29 is 9.59 Å². The fourth-order valence-corrected chi connectivity index (χ4v) is 2.28. The molecule has 0 radical (unpaired) electrons. The number of allylic oxidation sites excluding steroid dienone is 2. The van der Waals surface area contributed by atoms with Gasteiger partial charge < -0.3 is 0 Å². The van der Waals surface area contributed by atoms with Crippen LogP contribution in [-0.4, -0.2) is 11.6 Å². The van der Waals surface area contributed by atoms with Crippen LogP contribution in [0.25, 0.3) is 0 Å². The molecule has 1 aliphatic rings. The van der Waals surface area contributed by atoms with Crippen molar-refractivity contribution in [1.82, 2.24) is 0 Å². The molecule has 1 rings (SSSR count). The predicted octanol–water partition coefficient (Wildman–Crippen LogP) is 2.69. The first-order valence-electron chi connectivity index (χ1n) is 5.35. The van der Waals surface area contributed by atoms with Gasteiger partial charge in [0.1, 0.15) is 11.6 Å². The quantitative estimate of drug-likeness (QED) is 0.523. The Kier molecular flexibility index (Phi) is 3.61. The molecule has 1 fully saturated rings. The summed E-state index contributed by atoms with van der Waals surface area (Å²) in [5.41, 5.74) is -0.837. The normalized spacial score (nSPS) is 21.4. The number of Topliss-reactive ketones (excluding diaryl/α,β-unsaturated/α-hetero) is 2. The molecule has 0 amide bonds. The van der Waals surface area contributed by atoms with E-state index in [-0.39, 0.29) is 17.5 Å². The van der Waals surface area contributed by atoms with E-state index in [1.165, 1.54) is 0 Å². The van der Waals surface area contributed by atoms with Gasteiger partial charge in [0.2, 0.25) is 0 Å². The highest BCUT2D eigenvalue weighted by Gasteiger charge is 2.46. The first-order chi connectivity index (χ1) is 7.06. The molecule has 82 valence electrons. The minimum absolute atomic E-state index is 0.0612. The summed E-state index contributed by atoms with van der Waals surface area (Å²) in [6.07, 6.45) is 5.23. The molecule has 0 unspecified atom stereocenters. The van der Waals surface area contributed by atoms with E-state index in [0.29, 0.717) is 25.7 Å². The smallest absolute Gasteiger partial charge is 0.147 e. The lowest BCUT2D eigenvalue weighted by Gasteiger charge is -2.35. The molecule has 0 aromatic rings. The molecule has 0 bridgehead atoms. The summed E-state index contributed by atoms with van der Waals surface area (Å²) in [7, 11) is 0. The zero-order valence-corrected chi connectivity index (χ0v) is 9.29. The van der Waals surface area contributed by atoms with Crippen LogP contribution in [0.4, 0.5) is 0 Å². The largest absolute Gasteiger partial charge is 0.299 e. The zero-order chi connectivity index (χ0) is 11.5. The molecule has 1 aliphatic carbocycles. The van der Waals surface area contributed by atoms with Crippen molar-refractivity contribution in [3.8, 4) is 0 Å². The maximum atomic E-state index is 12.0. The van der Waals surface area contributed by atoms with Crippen LogP contribution in [0.2, 0.25) is 0 Å². The third kappa shape index (κ3) is 2.09. The Morgan fingerprint density at radius 1 is 1.20 bits per heavy atom. The highest BCUT2D eigenvalue weighted by atomic mass is 16.2. The number of rotatable bonds is 4. The summed E-state index contributed by atoms with van der Waals surface area (Å²) >= 11 is 0. The Bertz CT molecular complexity index is 272. The van der Waals surface area contributed by atoms with Gasteiger partial charge in [0.25, 0.3) is 0 Å². The van der Waals surface area contributed by atoms with Gasteiger partial charge in [-0.2, -0.15) is 0 Å². The summed E-state index contributed by atoms with van der Waals surface area (Å²) in [6, 6.07) is 0. The van der Waals surface area contributed by atoms with Gasteiger partial charge in [-0.3, -0.25) is 9.59 Å². The number of ketones is 2. The lowest BCUT2D eigenvalue weighted by molar-refractivity contribution is -0.145. The third-order valence-electron chi connectivity index (χ3n) is 3.12. The molecule has 2 heteroatoms. The second-order valence-electron chi connectivity index (χ2n) is 4.43. The molecule has 15 heavy (non-hydrogen) atoms. The van der Waals surface area contributed by atoms with E-state index >= 15 is 0 Å². The van der Waals surface area contributed by atoms with Crippen molar-refractivity contribution in [2.24, 2.45) is 11.3 Å². The van der Waals surface area contributed by atoms with Crippen molar-refractivity contribution in [2.45, 2.75) is 32.6 Å². The van der Waals surface area contributed by atoms with Crippen molar-refractivity contribution in [2.75, 3.05) is 0 Å². The Hall–Kier alpha value is -1.18. The number of carbonyl (C=O) groups is 2. The van der Waals surface area contributed by atoms with E-state index in [4.69, 9.17) is 0 Å². The first-order valence-corrected chi connectivity index (χ1v) is 5.35. The van der Waals surface area contributed by atoms with Crippen LogP contribution in [0.15, 0.2) is 25.3 Å². The van der Waals surface area contributed by atoms with Gasteiger partial charge in [-0.25, -0.2) is 0 Å². The first kappa shape index (κ1) is 11.9. The second kappa shape index (κ2) is 4.56. The number of hydrogen-bond acceptors (Lipinski definition) is 2. The summed E-state index contributed by atoms with van der Waals surface area (Å²) in [5, 5.41) is 0. The summed E-state index contributed by atoms with van der Waals surface area (Å²) in [4.78, 5) is 24.0. The minimum atomic E-state index is -0.837. The Morgan fingerprint density at radius 2 is 1.60 bits per heavy atom. The molecule has 0 aliphatic heterocycles. The number of carbonyl (C=O) groups excluding carboxylic acids is 2. The summed E-state index contributed by atoms with van der Waals surface area (Å²) < 4.78 is 0. The molecule has 1 saturated carbocycles. The molecule has 0 N–H and O–H groups in total. The summed E-state index contributed by atoms with van der Waals surface area (Å²) in [5.74, 6) is 0.310. The fourth-order valence-electron chi connectivity index (χ4n) is 2.28. The molecule has 0 heterocycles. The highest BCUT2D eigenvalue weighted by Crippen LogP contribution is 2.39. The molecule has 0 saturated heterocycles. The average Bonchev–Trinajstić information content (AvgIpc) is 2.14. The van der Waals surface area contributed by atoms with Gasteiger partial charge in [0, 0.05) is 12.8 Å². The molecule has 0 aromatic carbocycles. The molecule has 0 atom stereocenters. The SMILES string of the molecule is C=CCC1(CC=C)C(=O)CC(C)CC1=O. The zero-order valence-electron chi connectivity index (χ0n) is 9.29. The highest BCUT2D eigenvalue weighted by molar-refractivity contribution is 6.09. The minimum Gasteiger partial charge on any atom is -0.299 e. The van der Waals surface area contributed by atoms with Gasteiger partial charge in [0.15, 0.2) is 0 Å².